The molecule has 0 radical (unpaired) electrons. The topological polar surface area (TPSA) is 89.0 Å². The first-order valence-corrected chi connectivity index (χ1v) is 7.06. The number of hydrogen-bond donors (Lipinski definition) is 4. The molecule has 0 saturated heterocycles. The molecule has 5 nitrogen and oxygen atoms in total. The van der Waals surface area contributed by atoms with E-state index in [1.807, 2.05) is 4.90 Å². The first-order chi connectivity index (χ1) is 8.61. The molecular weight excluding hydrogens is 262 g/mol. The second-order valence-corrected chi connectivity index (χ2v) is 4.64. The molecule has 0 fully saturated rings. The standard InChI is InChI=1S/C13H29N5.ClH/c1-3-5-6-7-8-9-11-18(10-4-2)13(16)17-12(14)15;/h3-11H2,1-2H3,(H5,14,15,16,17);1H. The molecule has 5 N–H and O–H groups in total. The van der Waals surface area contributed by atoms with Gasteiger partial charge in [0.05, 0.1) is 0 Å². The average Bonchev–Trinajstić information content (AvgIpc) is 2.31. The molecule has 0 aromatic rings. The summed E-state index contributed by atoms with van der Waals surface area (Å²) in [7, 11) is 0. The van der Waals surface area contributed by atoms with Gasteiger partial charge in [0.1, 0.15) is 0 Å². The molecular formula is C13H30ClN5. The van der Waals surface area contributed by atoms with Crippen molar-refractivity contribution in [3.05, 3.63) is 0 Å². The fraction of sp³-hybridized carbons (Fsp3) is 0.846. The van der Waals surface area contributed by atoms with Crippen LogP contribution in [0.2, 0.25) is 0 Å². The van der Waals surface area contributed by atoms with Crippen molar-refractivity contribution < 1.29 is 0 Å². The normalized spacial score (nSPS) is 9.58. The smallest absolute Gasteiger partial charge is 0.197 e. The van der Waals surface area contributed by atoms with Crippen molar-refractivity contribution >= 4 is 24.3 Å². The summed E-state index contributed by atoms with van der Waals surface area (Å²) in [4.78, 5) is 1.96. The lowest BCUT2D eigenvalue weighted by Gasteiger charge is -2.24. The predicted octanol–water partition coefficient (Wildman–Crippen LogP) is 2.90. The van der Waals surface area contributed by atoms with E-state index in [9.17, 15) is 0 Å². The summed E-state index contributed by atoms with van der Waals surface area (Å²) in [6.45, 7) is 6.03. The monoisotopic (exact) mass is 291 g/mol. The van der Waals surface area contributed by atoms with E-state index in [0.717, 1.165) is 25.9 Å². The highest BCUT2D eigenvalue weighted by Crippen LogP contribution is 2.06. The summed E-state index contributed by atoms with van der Waals surface area (Å²) in [5.41, 5.74) is 5.24. The maximum atomic E-state index is 7.82. The van der Waals surface area contributed by atoms with E-state index in [0.29, 0.717) is 0 Å². The summed E-state index contributed by atoms with van der Waals surface area (Å²) >= 11 is 0. The van der Waals surface area contributed by atoms with E-state index in [-0.39, 0.29) is 24.3 Å². The van der Waals surface area contributed by atoms with Gasteiger partial charge in [-0.15, -0.1) is 12.4 Å². The van der Waals surface area contributed by atoms with Crippen LogP contribution in [0.4, 0.5) is 0 Å². The molecule has 0 aromatic heterocycles. The average molecular weight is 292 g/mol. The van der Waals surface area contributed by atoms with Gasteiger partial charge in [0, 0.05) is 13.1 Å². The number of nitrogens with two attached hydrogens (primary N) is 1. The van der Waals surface area contributed by atoms with Crippen LogP contribution < -0.4 is 11.1 Å². The Morgan fingerprint density at radius 3 is 2.05 bits per heavy atom. The van der Waals surface area contributed by atoms with E-state index < -0.39 is 0 Å². The lowest BCUT2D eigenvalue weighted by molar-refractivity contribution is 0.389. The van der Waals surface area contributed by atoms with Crippen molar-refractivity contribution in [2.75, 3.05) is 13.1 Å². The minimum Gasteiger partial charge on any atom is -0.370 e. The van der Waals surface area contributed by atoms with E-state index in [4.69, 9.17) is 16.6 Å². The molecule has 0 aliphatic heterocycles. The van der Waals surface area contributed by atoms with Crippen LogP contribution in [0.25, 0.3) is 0 Å². The number of nitrogens with one attached hydrogen (secondary N) is 3. The highest BCUT2D eigenvalue weighted by Gasteiger charge is 2.08. The van der Waals surface area contributed by atoms with E-state index in [2.05, 4.69) is 19.2 Å². The second-order valence-electron chi connectivity index (χ2n) is 4.64. The highest BCUT2D eigenvalue weighted by atomic mass is 35.5. The first kappa shape index (κ1) is 20.3. The second kappa shape index (κ2) is 13.5. The van der Waals surface area contributed by atoms with Crippen molar-refractivity contribution in [3.63, 3.8) is 0 Å². The van der Waals surface area contributed by atoms with E-state index in [1.165, 1.54) is 32.1 Å². The molecule has 6 heteroatoms. The molecule has 0 heterocycles. The van der Waals surface area contributed by atoms with Gasteiger partial charge in [-0.25, -0.2) is 0 Å². The molecule has 19 heavy (non-hydrogen) atoms. The van der Waals surface area contributed by atoms with Crippen LogP contribution in [0, 0.1) is 10.8 Å². The summed E-state index contributed by atoms with van der Waals surface area (Å²) < 4.78 is 0. The third kappa shape index (κ3) is 11.8. The number of hydrogen-bond acceptors (Lipinski definition) is 2. The number of rotatable bonds is 9. The van der Waals surface area contributed by atoms with Crippen LogP contribution in [-0.4, -0.2) is 29.9 Å². The van der Waals surface area contributed by atoms with Gasteiger partial charge in [-0.1, -0.05) is 46.0 Å². The Labute approximate surface area is 123 Å². The number of unbranched alkanes of at least 4 members (excludes halogenated alkanes) is 5. The Balaban J connectivity index is 0. The highest BCUT2D eigenvalue weighted by molar-refractivity contribution is 5.94. The summed E-state index contributed by atoms with van der Waals surface area (Å²) in [6, 6.07) is 0. The lowest BCUT2D eigenvalue weighted by atomic mass is 10.1. The van der Waals surface area contributed by atoms with Gasteiger partial charge in [-0.2, -0.15) is 0 Å². The van der Waals surface area contributed by atoms with Crippen LogP contribution in [0.15, 0.2) is 0 Å². The van der Waals surface area contributed by atoms with Gasteiger partial charge in [-0.3, -0.25) is 16.1 Å². The number of halogens is 1. The van der Waals surface area contributed by atoms with Crippen molar-refractivity contribution in [1.82, 2.24) is 10.2 Å². The zero-order valence-corrected chi connectivity index (χ0v) is 13.1. The van der Waals surface area contributed by atoms with Gasteiger partial charge < -0.3 is 10.6 Å². The molecule has 0 bridgehead atoms. The van der Waals surface area contributed by atoms with E-state index >= 15 is 0 Å². The van der Waals surface area contributed by atoms with Crippen molar-refractivity contribution in [2.45, 2.75) is 58.8 Å². The maximum absolute atomic E-state index is 7.82. The molecule has 0 saturated carbocycles. The zero-order chi connectivity index (χ0) is 13.8. The van der Waals surface area contributed by atoms with Crippen molar-refractivity contribution in [2.24, 2.45) is 5.73 Å². The van der Waals surface area contributed by atoms with Gasteiger partial charge in [-0.05, 0) is 12.8 Å². The summed E-state index contributed by atoms with van der Waals surface area (Å²) in [6.07, 6.45) is 8.50. The Bertz CT molecular complexity index is 245. The number of nitrogens with zero attached hydrogens (tertiary/aromatic N) is 1. The molecule has 0 unspecified atom stereocenters. The zero-order valence-electron chi connectivity index (χ0n) is 12.3. The number of guanidine groups is 2. The van der Waals surface area contributed by atoms with Gasteiger partial charge >= 0.3 is 0 Å². The van der Waals surface area contributed by atoms with Crippen LogP contribution >= 0.6 is 12.4 Å². The van der Waals surface area contributed by atoms with Crippen molar-refractivity contribution in [1.29, 1.82) is 10.8 Å². The molecule has 114 valence electrons. The molecule has 0 spiro atoms. The Morgan fingerprint density at radius 2 is 1.53 bits per heavy atom. The molecule has 0 aliphatic carbocycles. The third-order valence-corrected chi connectivity index (χ3v) is 2.84. The fourth-order valence-corrected chi connectivity index (χ4v) is 1.89. The molecule has 0 amide bonds. The fourth-order valence-electron chi connectivity index (χ4n) is 1.89. The SMILES string of the molecule is CCCCCCCCN(CCC)C(=N)NC(=N)N.Cl. The quantitative estimate of drug-likeness (QED) is 0.299. The molecule has 0 aromatic carbocycles. The Kier molecular flexibility index (Phi) is 14.4. The largest absolute Gasteiger partial charge is 0.370 e. The van der Waals surface area contributed by atoms with Crippen LogP contribution in [-0.2, 0) is 0 Å². The van der Waals surface area contributed by atoms with Gasteiger partial charge in [0.15, 0.2) is 11.9 Å². The van der Waals surface area contributed by atoms with E-state index in [1.54, 1.807) is 0 Å². The minimum atomic E-state index is -0.163. The van der Waals surface area contributed by atoms with Crippen molar-refractivity contribution in [3.8, 4) is 0 Å². The molecule has 0 aliphatic rings. The minimum absolute atomic E-state index is 0. The van der Waals surface area contributed by atoms with Crippen LogP contribution in [0.1, 0.15) is 58.8 Å². The van der Waals surface area contributed by atoms with Gasteiger partial charge in [0.2, 0.25) is 0 Å². The van der Waals surface area contributed by atoms with Crippen LogP contribution in [0.3, 0.4) is 0 Å². The molecule has 0 atom stereocenters. The molecule has 0 rings (SSSR count). The predicted molar refractivity (Wildman–Crippen MR) is 85.3 cm³/mol. The maximum Gasteiger partial charge on any atom is 0.197 e. The summed E-state index contributed by atoms with van der Waals surface area (Å²) in [5.74, 6) is 0.0851. The Morgan fingerprint density at radius 1 is 0.947 bits per heavy atom. The first-order valence-electron chi connectivity index (χ1n) is 7.06. The Hall–Kier alpha value is -0.970. The lowest BCUT2D eigenvalue weighted by Crippen LogP contribution is -2.46. The van der Waals surface area contributed by atoms with Gasteiger partial charge in [0.25, 0.3) is 0 Å². The summed E-state index contributed by atoms with van der Waals surface area (Å²) in [5, 5.41) is 17.5. The third-order valence-electron chi connectivity index (χ3n) is 2.84. The van der Waals surface area contributed by atoms with Crippen LogP contribution in [0.5, 0.6) is 0 Å².